The van der Waals surface area contributed by atoms with Crippen LogP contribution < -0.4 is 15.9 Å². The molecule has 86 valence electrons. The number of hydrogen-bond donors (Lipinski definition) is 2. The molecule has 0 saturated heterocycles. The van der Waals surface area contributed by atoms with Crippen molar-refractivity contribution in [3.63, 3.8) is 0 Å². The summed E-state index contributed by atoms with van der Waals surface area (Å²) in [4.78, 5) is 0. The van der Waals surface area contributed by atoms with Crippen molar-refractivity contribution < 1.29 is 9.13 Å². The Morgan fingerprint density at radius 3 is 3.06 bits per heavy atom. The standard InChI is InChI=1S/C10H12FN3OS/c1-2-15-9-4-3-8(11)5-7(9)6-13-14-10(12)16/h3-6H,2H2,1H3,(H3,12,14,16). The van der Waals surface area contributed by atoms with E-state index in [2.05, 4.69) is 22.7 Å². The molecule has 0 spiro atoms. The lowest BCUT2D eigenvalue weighted by Crippen LogP contribution is -2.24. The van der Waals surface area contributed by atoms with Gasteiger partial charge in [0.15, 0.2) is 5.11 Å². The van der Waals surface area contributed by atoms with E-state index in [4.69, 9.17) is 10.5 Å². The monoisotopic (exact) mass is 241 g/mol. The summed E-state index contributed by atoms with van der Waals surface area (Å²) in [6, 6.07) is 4.18. The van der Waals surface area contributed by atoms with Gasteiger partial charge in [-0.2, -0.15) is 5.10 Å². The zero-order chi connectivity index (χ0) is 12.0. The number of hydrogen-bond acceptors (Lipinski definition) is 3. The lowest BCUT2D eigenvalue weighted by atomic mass is 10.2. The number of benzene rings is 1. The number of rotatable bonds is 4. The Balaban J connectivity index is 2.86. The summed E-state index contributed by atoms with van der Waals surface area (Å²) in [6.45, 7) is 2.34. The number of nitrogens with zero attached hydrogens (tertiary/aromatic N) is 1. The highest BCUT2D eigenvalue weighted by Crippen LogP contribution is 2.17. The second-order valence-corrected chi connectivity index (χ2v) is 3.29. The Kier molecular flexibility index (Phi) is 4.65. The molecule has 0 heterocycles. The minimum atomic E-state index is -0.361. The van der Waals surface area contributed by atoms with Crippen LogP contribution in [0, 0.1) is 5.82 Å². The highest BCUT2D eigenvalue weighted by Gasteiger charge is 2.02. The Morgan fingerprint density at radius 1 is 1.69 bits per heavy atom. The fourth-order valence-corrected chi connectivity index (χ4v) is 1.13. The van der Waals surface area contributed by atoms with Gasteiger partial charge in [-0.25, -0.2) is 4.39 Å². The Bertz CT molecular complexity index is 409. The van der Waals surface area contributed by atoms with Crippen LogP contribution in [0.2, 0.25) is 0 Å². The molecule has 0 atom stereocenters. The molecule has 0 unspecified atom stereocenters. The Morgan fingerprint density at radius 2 is 2.44 bits per heavy atom. The van der Waals surface area contributed by atoms with Gasteiger partial charge in [0, 0.05) is 5.56 Å². The SMILES string of the molecule is CCOc1ccc(F)cc1C=NNC(N)=S. The highest BCUT2D eigenvalue weighted by molar-refractivity contribution is 7.80. The zero-order valence-corrected chi connectivity index (χ0v) is 9.55. The first kappa shape index (κ1) is 12.4. The van der Waals surface area contributed by atoms with Crippen molar-refractivity contribution in [3.8, 4) is 5.75 Å². The molecule has 0 aliphatic rings. The number of hydrazone groups is 1. The lowest BCUT2D eigenvalue weighted by Gasteiger charge is -2.06. The molecule has 0 amide bonds. The first-order valence-electron chi connectivity index (χ1n) is 4.64. The summed E-state index contributed by atoms with van der Waals surface area (Å²) < 4.78 is 18.3. The maximum Gasteiger partial charge on any atom is 0.184 e. The molecule has 0 saturated carbocycles. The molecule has 0 aromatic heterocycles. The highest BCUT2D eigenvalue weighted by atomic mass is 32.1. The van der Waals surface area contributed by atoms with E-state index in [0.717, 1.165) is 0 Å². The predicted octanol–water partition coefficient (Wildman–Crippen LogP) is 1.39. The number of thiocarbonyl (C=S) groups is 1. The Hall–Kier alpha value is -1.69. The van der Waals surface area contributed by atoms with Gasteiger partial charge in [0.1, 0.15) is 11.6 Å². The van der Waals surface area contributed by atoms with Gasteiger partial charge in [-0.15, -0.1) is 0 Å². The van der Waals surface area contributed by atoms with Crippen molar-refractivity contribution in [2.24, 2.45) is 10.8 Å². The summed E-state index contributed by atoms with van der Waals surface area (Å²) in [5.41, 5.74) is 8.09. The molecule has 0 aliphatic carbocycles. The summed E-state index contributed by atoms with van der Waals surface area (Å²) in [5.74, 6) is 0.192. The normalized spacial score (nSPS) is 10.4. The minimum absolute atomic E-state index is 0.0469. The van der Waals surface area contributed by atoms with Crippen LogP contribution in [0.5, 0.6) is 5.75 Å². The Labute approximate surface area is 98.3 Å². The summed E-state index contributed by atoms with van der Waals surface area (Å²) in [5, 5.41) is 3.78. The molecule has 16 heavy (non-hydrogen) atoms. The van der Waals surface area contributed by atoms with Crippen LogP contribution in [-0.2, 0) is 0 Å². The van der Waals surface area contributed by atoms with Crippen LogP contribution in [0.4, 0.5) is 4.39 Å². The van der Waals surface area contributed by atoms with Crippen LogP contribution >= 0.6 is 12.2 Å². The van der Waals surface area contributed by atoms with Crippen LogP contribution in [0.1, 0.15) is 12.5 Å². The van der Waals surface area contributed by atoms with Gasteiger partial charge < -0.3 is 10.5 Å². The molecule has 3 N–H and O–H groups in total. The van der Waals surface area contributed by atoms with Gasteiger partial charge in [0.25, 0.3) is 0 Å². The maximum atomic E-state index is 13.0. The quantitative estimate of drug-likeness (QED) is 0.475. The van der Waals surface area contributed by atoms with Crippen molar-refractivity contribution >= 4 is 23.5 Å². The van der Waals surface area contributed by atoms with Crippen molar-refractivity contribution in [2.45, 2.75) is 6.92 Å². The summed E-state index contributed by atoms with van der Waals surface area (Å²) in [7, 11) is 0. The van der Waals surface area contributed by atoms with E-state index in [9.17, 15) is 4.39 Å². The van der Waals surface area contributed by atoms with E-state index in [1.54, 1.807) is 6.07 Å². The van der Waals surface area contributed by atoms with Crippen LogP contribution in [0.25, 0.3) is 0 Å². The van der Waals surface area contributed by atoms with Crippen molar-refractivity contribution in [2.75, 3.05) is 6.61 Å². The van der Waals surface area contributed by atoms with Crippen LogP contribution in [-0.4, -0.2) is 17.9 Å². The van der Waals surface area contributed by atoms with Gasteiger partial charge in [-0.05, 0) is 37.3 Å². The van der Waals surface area contributed by atoms with Gasteiger partial charge in [0.05, 0.1) is 12.8 Å². The third kappa shape index (κ3) is 3.82. The number of nitrogens with one attached hydrogen (secondary N) is 1. The number of halogens is 1. The molecular formula is C10H12FN3OS. The van der Waals surface area contributed by atoms with E-state index in [1.807, 2.05) is 6.92 Å². The fourth-order valence-electron chi connectivity index (χ4n) is 1.07. The van der Waals surface area contributed by atoms with Crippen LogP contribution in [0.3, 0.4) is 0 Å². The van der Waals surface area contributed by atoms with Crippen molar-refractivity contribution in [3.05, 3.63) is 29.6 Å². The largest absolute Gasteiger partial charge is 0.493 e. The topological polar surface area (TPSA) is 59.6 Å². The molecule has 6 heteroatoms. The average Bonchev–Trinajstić information content (AvgIpc) is 2.21. The smallest absolute Gasteiger partial charge is 0.184 e. The molecule has 1 aromatic rings. The maximum absolute atomic E-state index is 13.0. The van der Waals surface area contributed by atoms with E-state index in [-0.39, 0.29) is 10.9 Å². The van der Waals surface area contributed by atoms with Gasteiger partial charge in [-0.3, -0.25) is 5.43 Å². The third-order valence-corrected chi connectivity index (χ3v) is 1.74. The molecule has 0 fully saturated rings. The molecule has 1 rings (SSSR count). The predicted molar refractivity (Wildman–Crippen MR) is 65.1 cm³/mol. The summed E-state index contributed by atoms with van der Waals surface area (Å²) >= 11 is 4.57. The third-order valence-electron chi connectivity index (χ3n) is 1.65. The number of ether oxygens (including phenoxy) is 1. The molecular weight excluding hydrogens is 229 g/mol. The molecule has 4 nitrogen and oxygen atoms in total. The van der Waals surface area contributed by atoms with Gasteiger partial charge in [0.2, 0.25) is 0 Å². The van der Waals surface area contributed by atoms with E-state index in [1.165, 1.54) is 18.3 Å². The number of nitrogens with two attached hydrogens (primary N) is 1. The fraction of sp³-hybridized carbons (Fsp3) is 0.200. The van der Waals surface area contributed by atoms with E-state index >= 15 is 0 Å². The first-order chi connectivity index (χ1) is 7.63. The van der Waals surface area contributed by atoms with E-state index in [0.29, 0.717) is 17.9 Å². The molecule has 0 radical (unpaired) electrons. The van der Waals surface area contributed by atoms with Crippen LogP contribution in [0.15, 0.2) is 23.3 Å². The second-order valence-electron chi connectivity index (χ2n) is 2.85. The lowest BCUT2D eigenvalue weighted by molar-refractivity contribution is 0.339. The zero-order valence-electron chi connectivity index (χ0n) is 8.74. The van der Waals surface area contributed by atoms with Crippen molar-refractivity contribution in [1.82, 2.24) is 5.43 Å². The summed E-state index contributed by atoms with van der Waals surface area (Å²) in [6.07, 6.45) is 1.40. The molecule has 0 bridgehead atoms. The second kappa shape index (κ2) is 6.02. The average molecular weight is 241 g/mol. The minimum Gasteiger partial charge on any atom is -0.493 e. The molecule has 1 aromatic carbocycles. The van der Waals surface area contributed by atoms with Gasteiger partial charge >= 0.3 is 0 Å². The van der Waals surface area contributed by atoms with Gasteiger partial charge in [-0.1, -0.05) is 0 Å². The molecule has 0 aliphatic heterocycles. The first-order valence-corrected chi connectivity index (χ1v) is 5.05. The van der Waals surface area contributed by atoms with E-state index < -0.39 is 0 Å². The van der Waals surface area contributed by atoms with Crippen molar-refractivity contribution in [1.29, 1.82) is 0 Å².